The van der Waals surface area contributed by atoms with Crippen molar-refractivity contribution in [1.29, 1.82) is 0 Å². The van der Waals surface area contributed by atoms with Crippen molar-refractivity contribution in [1.82, 2.24) is 19.5 Å². The molecule has 1 radical (unpaired) electrons. The van der Waals surface area contributed by atoms with Gasteiger partial charge in [0.25, 0.3) is 0 Å². The van der Waals surface area contributed by atoms with Crippen molar-refractivity contribution in [3.63, 3.8) is 0 Å². The zero-order chi connectivity index (χ0) is 43.9. The van der Waals surface area contributed by atoms with Crippen LogP contribution in [-0.4, -0.2) is 19.5 Å². The Morgan fingerprint density at radius 1 is 0.695 bits per heavy atom. The molecule has 4 heterocycles. The van der Waals surface area contributed by atoms with Crippen LogP contribution in [0.2, 0.25) is 0 Å². The van der Waals surface area contributed by atoms with E-state index in [4.69, 9.17) is 16.3 Å². The molecule has 6 heteroatoms. The SMILES string of the molecule is [2H]C([2H])([2H])c1ccc2c(n1)oc1c(-c3cc(C([2H])([2H])C(C)(C)C)ccn3)[c-]ccc12.[Ir].[c-]1ccccc1-c1nc2ccccc2n1-c1c(-c2ccccc2)cccc1-c1ccccc1. The number of nitrogens with zero attached hydrogens (tertiary/aromatic N) is 4. The quantitative estimate of drug-likeness (QED) is 0.156. The number of hydrogen-bond acceptors (Lipinski definition) is 4. The fraction of sp³-hybridized carbons (Fsp3) is 0.113. The number of furan rings is 1. The second-order valence-corrected chi connectivity index (χ2v) is 15.0. The van der Waals surface area contributed by atoms with Gasteiger partial charge in [0.15, 0.2) is 0 Å². The van der Waals surface area contributed by atoms with Crippen molar-refractivity contribution in [2.24, 2.45) is 5.41 Å². The predicted octanol–water partition coefficient (Wildman–Crippen LogP) is 13.6. The van der Waals surface area contributed by atoms with Gasteiger partial charge in [-0.1, -0.05) is 134 Å². The first-order valence-corrected chi connectivity index (χ1v) is 19.2. The van der Waals surface area contributed by atoms with E-state index >= 15 is 0 Å². The number of rotatable bonds is 6. The monoisotopic (exact) mass is 948 g/mol. The first-order valence-electron chi connectivity index (χ1n) is 21.7. The van der Waals surface area contributed by atoms with Crippen LogP contribution >= 0.6 is 0 Å². The van der Waals surface area contributed by atoms with Gasteiger partial charge in [-0.2, -0.15) is 0 Å². The van der Waals surface area contributed by atoms with E-state index in [9.17, 15) is 0 Å². The van der Waals surface area contributed by atoms with Crippen LogP contribution < -0.4 is 0 Å². The molecule has 0 saturated heterocycles. The van der Waals surface area contributed by atoms with Crippen molar-refractivity contribution in [2.45, 2.75) is 34.0 Å². The Morgan fingerprint density at radius 2 is 1.41 bits per heavy atom. The maximum absolute atomic E-state index is 8.55. The number of pyridine rings is 2. The maximum atomic E-state index is 8.55. The summed E-state index contributed by atoms with van der Waals surface area (Å²) in [7, 11) is 0. The summed E-state index contributed by atoms with van der Waals surface area (Å²) in [5.74, 6) is 0.886. The minimum atomic E-state index is -2.32. The molecular weight excluding hydrogens is 901 g/mol. The van der Waals surface area contributed by atoms with Crippen LogP contribution in [0, 0.1) is 24.4 Å². The Kier molecular flexibility index (Phi) is 9.54. The number of aryl methyl sites for hydroxylation is 1. The molecule has 10 aromatic rings. The smallest absolute Gasteiger partial charge is 0.216 e. The molecule has 0 atom stereocenters. The molecule has 0 saturated carbocycles. The van der Waals surface area contributed by atoms with E-state index in [-0.39, 0.29) is 31.5 Å². The van der Waals surface area contributed by atoms with Crippen LogP contribution in [0.25, 0.3) is 83.7 Å². The van der Waals surface area contributed by atoms with Gasteiger partial charge in [0.2, 0.25) is 5.71 Å². The minimum absolute atomic E-state index is 0. The van der Waals surface area contributed by atoms with E-state index in [2.05, 4.69) is 130 Å². The van der Waals surface area contributed by atoms with E-state index in [1.54, 1.807) is 30.5 Å². The predicted molar refractivity (Wildman–Crippen MR) is 238 cm³/mol. The molecule has 291 valence electrons. The third-order valence-electron chi connectivity index (χ3n) is 9.77. The first-order chi connectivity index (χ1) is 30.3. The summed E-state index contributed by atoms with van der Waals surface area (Å²) in [6.07, 6.45) is 0.0111. The number of imidazole rings is 1. The number of fused-ring (bicyclic) bond motifs is 4. The third-order valence-corrected chi connectivity index (χ3v) is 9.77. The van der Waals surface area contributed by atoms with Gasteiger partial charge in [0.1, 0.15) is 0 Å². The molecule has 10 rings (SSSR count). The minimum Gasteiger partial charge on any atom is -0.486 e. The molecule has 0 unspecified atom stereocenters. The molecule has 0 aliphatic carbocycles. The Balaban J connectivity index is 0.000000173. The van der Waals surface area contributed by atoms with Crippen LogP contribution in [0.1, 0.15) is 38.9 Å². The average Bonchev–Trinajstić information content (AvgIpc) is 3.88. The summed E-state index contributed by atoms with van der Waals surface area (Å²) in [4.78, 5) is 13.7. The van der Waals surface area contributed by atoms with Crippen molar-refractivity contribution in [3.8, 4) is 50.6 Å². The summed E-state index contributed by atoms with van der Waals surface area (Å²) in [5, 5.41) is 1.48. The van der Waals surface area contributed by atoms with Crippen molar-refractivity contribution in [3.05, 3.63) is 193 Å². The summed E-state index contributed by atoms with van der Waals surface area (Å²) >= 11 is 0. The molecule has 0 fully saturated rings. The Hall–Kier alpha value is -6.46. The van der Waals surface area contributed by atoms with E-state index in [0.717, 1.165) is 44.6 Å². The average molecular weight is 948 g/mol. The van der Waals surface area contributed by atoms with Gasteiger partial charge in [-0.05, 0) is 65.8 Å². The van der Waals surface area contributed by atoms with Gasteiger partial charge < -0.3 is 14.0 Å². The molecule has 0 spiro atoms. The number of benzene rings is 6. The molecule has 0 N–H and O–H groups in total. The van der Waals surface area contributed by atoms with Crippen LogP contribution in [0.4, 0.5) is 0 Å². The topological polar surface area (TPSA) is 56.7 Å². The second kappa shape index (κ2) is 16.8. The summed E-state index contributed by atoms with van der Waals surface area (Å²) in [6, 6.07) is 60.7. The Morgan fingerprint density at radius 3 is 2.10 bits per heavy atom. The Labute approximate surface area is 365 Å². The van der Waals surface area contributed by atoms with E-state index in [1.807, 2.05) is 51.1 Å². The van der Waals surface area contributed by atoms with E-state index in [1.165, 1.54) is 17.2 Å². The second-order valence-electron chi connectivity index (χ2n) is 15.0. The molecule has 5 nitrogen and oxygen atoms in total. The normalized spacial score (nSPS) is 13.0. The van der Waals surface area contributed by atoms with Crippen molar-refractivity contribution < 1.29 is 31.4 Å². The Bertz CT molecular complexity index is 3180. The zero-order valence-electron chi connectivity index (χ0n) is 37.7. The van der Waals surface area contributed by atoms with Crippen molar-refractivity contribution in [2.75, 3.05) is 0 Å². The first kappa shape index (κ1) is 33.5. The van der Waals surface area contributed by atoms with Crippen molar-refractivity contribution >= 4 is 33.1 Å². The fourth-order valence-corrected chi connectivity index (χ4v) is 7.34. The van der Waals surface area contributed by atoms with Gasteiger partial charge in [0, 0.05) is 55.4 Å². The zero-order valence-corrected chi connectivity index (χ0v) is 35.1. The molecule has 0 aliphatic rings. The van der Waals surface area contributed by atoms with Crippen LogP contribution in [0.15, 0.2) is 174 Å². The van der Waals surface area contributed by atoms with Gasteiger partial charge in [-0.3, -0.25) is 4.98 Å². The molecule has 0 aliphatic heterocycles. The fourth-order valence-electron chi connectivity index (χ4n) is 7.34. The third kappa shape index (κ3) is 8.16. The molecule has 0 bridgehead atoms. The van der Waals surface area contributed by atoms with Gasteiger partial charge in [-0.15, -0.1) is 54.1 Å². The van der Waals surface area contributed by atoms with E-state index < -0.39 is 18.6 Å². The standard InChI is InChI=1S/C31H21N2.C22H21N2O.Ir/c1-4-13-23(14-5-1)26-19-12-20-27(24-15-6-2-7-16-24)30(26)33-29-22-11-10-21-28(29)32-31(33)25-17-8-3-9-18-25;1-14-8-9-17-16-6-5-7-18(20(16)25-21(17)24-14)19-12-15(10-11-23-19)13-22(2,3)4;/h1-17,19-22H;5-6,8-12H,13H2,1-4H3;/q2*-1;/i;1D3,13D2;. The van der Waals surface area contributed by atoms with Crippen LogP contribution in [0.3, 0.4) is 0 Å². The molecular formula is C53H42IrN4O-2. The summed E-state index contributed by atoms with van der Waals surface area (Å²) in [6.45, 7) is 3.24. The van der Waals surface area contributed by atoms with Crippen LogP contribution in [-0.2, 0) is 26.5 Å². The molecule has 6 aromatic carbocycles. The van der Waals surface area contributed by atoms with Gasteiger partial charge in [0.05, 0.1) is 28.1 Å². The molecule has 0 amide bonds. The van der Waals surface area contributed by atoms with E-state index in [0.29, 0.717) is 27.8 Å². The molecule has 59 heavy (non-hydrogen) atoms. The maximum Gasteiger partial charge on any atom is 0.216 e. The van der Waals surface area contributed by atoms with Crippen LogP contribution in [0.5, 0.6) is 0 Å². The summed E-state index contributed by atoms with van der Waals surface area (Å²) < 4.78 is 48.1. The summed E-state index contributed by atoms with van der Waals surface area (Å²) in [5.41, 5.74) is 10.5. The van der Waals surface area contributed by atoms with Gasteiger partial charge >= 0.3 is 0 Å². The number of aromatic nitrogens is 4. The number of hydrogen-bond donors (Lipinski definition) is 0. The molecule has 4 aromatic heterocycles. The van der Waals surface area contributed by atoms with Gasteiger partial charge in [-0.25, -0.2) is 4.98 Å². The number of para-hydroxylation sites is 3. The largest absolute Gasteiger partial charge is 0.486 e.